The number of hydrogen-bond donors (Lipinski definition) is 0. The third-order valence-electron chi connectivity index (χ3n) is 1.54. The highest BCUT2D eigenvalue weighted by molar-refractivity contribution is 7.90. The van der Waals surface area contributed by atoms with E-state index in [2.05, 4.69) is 4.98 Å². The lowest BCUT2D eigenvalue weighted by Gasteiger charge is -2.02. The SMILES string of the molecule is Cc1ccc(C)c(S(C)(=O)=O)n1. The van der Waals surface area contributed by atoms with E-state index in [1.165, 1.54) is 6.26 Å². The van der Waals surface area contributed by atoms with E-state index in [9.17, 15) is 8.42 Å². The molecule has 66 valence electrons. The van der Waals surface area contributed by atoms with Crippen LogP contribution in [0.4, 0.5) is 0 Å². The Morgan fingerprint density at radius 1 is 1.25 bits per heavy atom. The third kappa shape index (κ3) is 1.82. The summed E-state index contributed by atoms with van der Waals surface area (Å²) in [5.41, 5.74) is 1.42. The van der Waals surface area contributed by atoms with Gasteiger partial charge in [0.25, 0.3) is 0 Å². The molecule has 0 aromatic carbocycles. The molecule has 1 aromatic rings. The summed E-state index contributed by atoms with van der Waals surface area (Å²) in [6.45, 7) is 3.51. The molecule has 1 heterocycles. The van der Waals surface area contributed by atoms with Crippen molar-refractivity contribution in [1.29, 1.82) is 0 Å². The summed E-state index contributed by atoms with van der Waals surface area (Å²) in [5, 5.41) is 0.183. The van der Waals surface area contributed by atoms with E-state index in [0.717, 1.165) is 5.69 Å². The maximum Gasteiger partial charge on any atom is 0.193 e. The fourth-order valence-corrected chi connectivity index (χ4v) is 1.94. The van der Waals surface area contributed by atoms with Crippen molar-refractivity contribution in [2.75, 3.05) is 6.26 Å². The molecule has 1 aromatic heterocycles. The Kier molecular flexibility index (Phi) is 2.19. The molecule has 0 aliphatic rings. The second kappa shape index (κ2) is 2.86. The van der Waals surface area contributed by atoms with Gasteiger partial charge in [-0.2, -0.15) is 0 Å². The fraction of sp³-hybridized carbons (Fsp3) is 0.375. The zero-order valence-electron chi connectivity index (χ0n) is 7.33. The van der Waals surface area contributed by atoms with Crippen molar-refractivity contribution in [1.82, 2.24) is 4.98 Å². The van der Waals surface area contributed by atoms with E-state index < -0.39 is 9.84 Å². The smallest absolute Gasteiger partial charge is 0.193 e. The monoisotopic (exact) mass is 185 g/mol. The topological polar surface area (TPSA) is 47.0 Å². The minimum atomic E-state index is -3.17. The van der Waals surface area contributed by atoms with Crippen molar-refractivity contribution in [3.05, 3.63) is 23.4 Å². The number of hydrogen-bond acceptors (Lipinski definition) is 3. The van der Waals surface area contributed by atoms with Gasteiger partial charge in [-0.3, -0.25) is 0 Å². The summed E-state index contributed by atoms with van der Waals surface area (Å²) in [4.78, 5) is 3.96. The molecule has 12 heavy (non-hydrogen) atoms. The van der Waals surface area contributed by atoms with Crippen LogP contribution in [0.25, 0.3) is 0 Å². The van der Waals surface area contributed by atoms with Crippen LogP contribution in [-0.4, -0.2) is 19.7 Å². The maximum atomic E-state index is 11.1. The van der Waals surface area contributed by atoms with Crippen molar-refractivity contribution < 1.29 is 8.42 Å². The average molecular weight is 185 g/mol. The molecule has 0 saturated carbocycles. The Balaban J connectivity index is 3.43. The first kappa shape index (κ1) is 9.19. The molecule has 1 rings (SSSR count). The molecule has 0 N–H and O–H groups in total. The Labute approximate surface area is 72.4 Å². The molecule has 0 atom stereocenters. The average Bonchev–Trinajstić information content (AvgIpc) is 1.92. The van der Waals surface area contributed by atoms with Crippen LogP contribution in [0.5, 0.6) is 0 Å². The summed E-state index contributed by atoms with van der Waals surface area (Å²) in [5.74, 6) is 0. The van der Waals surface area contributed by atoms with Gasteiger partial charge in [-0.1, -0.05) is 6.07 Å². The predicted octanol–water partition coefficient (Wildman–Crippen LogP) is 1.10. The van der Waals surface area contributed by atoms with Crippen LogP contribution in [0, 0.1) is 13.8 Å². The minimum absolute atomic E-state index is 0.183. The molecule has 3 nitrogen and oxygen atoms in total. The molecule has 0 aliphatic carbocycles. The van der Waals surface area contributed by atoms with Gasteiger partial charge in [0.15, 0.2) is 14.9 Å². The van der Waals surface area contributed by atoms with Crippen molar-refractivity contribution in [2.45, 2.75) is 18.9 Å². The zero-order valence-corrected chi connectivity index (χ0v) is 8.14. The first-order valence-corrected chi connectivity index (χ1v) is 5.45. The van der Waals surface area contributed by atoms with E-state index >= 15 is 0 Å². The third-order valence-corrected chi connectivity index (χ3v) is 2.66. The molecule has 0 saturated heterocycles. The molecular weight excluding hydrogens is 174 g/mol. The van der Waals surface area contributed by atoms with Crippen LogP contribution in [0.15, 0.2) is 17.2 Å². The van der Waals surface area contributed by atoms with Crippen LogP contribution in [-0.2, 0) is 9.84 Å². The Hall–Kier alpha value is -0.900. The van der Waals surface area contributed by atoms with Gasteiger partial charge in [-0.25, -0.2) is 13.4 Å². The Morgan fingerprint density at radius 2 is 1.83 bits per heavy atom. The van der Waals surface area contributed by atoms with E-state index in [0.29, 0.717) is 5.56 Å². The second-order valence-electron chi connectivity index (χ2n) is 2.85. The van der Waals surface area contributed by atoms with E-state index in [-0.39, 0.29) is 5.03 Å². The van der Waals surface area contributed by atoms with Crippen molar-refractivity contribution >= 4 is 9.84 Å². The van der Waals surface area contributed by atoms with Crippen molar-refractivity contribution in [3.63, 3.8) is 0 Å². The van der Waals surface area contributed by atoms with Gasteiger partial charge in [0.05, 0.1) is 0 Å². The summed E-state index contributed by atoms with van der Waals surface area (Å²) >= 11 is 0. The number of rotatable bonds is 1. The number of nitrogens with zero attached hydrogens (tertiary/aromatic N) is 1. The lowest BCUT2D eigenvalue weighted by atomic mass is 10.3. The number of aromatic nitrogens is 1. The molecule has 4 heteroatoms. The van der Waals surface area contributed by atoms with Gasteiger partial charge in [0.2, 0.25) is 0 Å². The van der Waals surface area contributed by atoms with Gasteiger partial charge < -0.3 is 0 Å². The van der Waals surface area contributed by atoms with Crippen molar-refractivity contribution in [2.24, 2.45) is 0 Å². The summed E-state index contributed by atoms with van der Waals surface area (Å²) in [7, 11) is -3.17. The Morgan fingerprint density at radius 3 is 2.25 bits per heavy atom. The number of aryl methyl sites for hydroxylation is 2. The standard InChI is InChI=1S/C8H11NO2S/c1-6-4-5-7(2)9-8(6)12(3,10)11/h4-5H,1-3H3. The quantitative estimate of drug-likeness (QED) is 0.658. The lowest BCUT2D eigenvalue weighted by Crippen LogP contribution is -2.03. The normalized spacial score (nSPS) is 11.6. The van der Waals surface area contributed by atoms with Gasteiger partial charge in [-0.05, 0) is 25.5 Å². The van der Waals surface area contributed by atoms with E-state index in [1.54, 1.807) is 26.0 Å². The lowest BCUT2D eigenvalue weighted by molar-refractivity contribution is 0.597. The number of sulfone groups is 1. The van der Waals surface area contributed by atoms with Crippen LogP contribution >= 0.6 is 0 Å². The van der Waals surface area contributed by atoms with Gasteiger partial charge in [0, 0.05) is 11.9 Å². The van der Waals surface area contributed by atoms with Gasteiger partial charge in [-0.15, -0.1) is 0 Å². The largest absolute Gasteiger partial charge is 0.241 e. The van der Waals surface area contributed by atoms with Gasteiger partial charge >= 0.3 is 0 Å². The highest BCUT2D eigenvalue weighted by atomic mass is 32.2. The van der Waals surface area contributed by atoms with Crippen molar-refractivity contribution in [3.8, 4) is 0 Å². The van der Waals surface area contributed by atoms with Crippen LogP contribution < -0.4 is 0 Å². The Bertz CT molecular complexity index is 396. The summed E-state index contributed by atoms with van der Waals surface area (Å²) in [6, 6.07) is 3.56. The molecule has 0 amide bonds. The first-order valence-electron chi connectivity index (χ1n) is 3.55. The molecular formula is C8H11NO2S. The fourth-order valence-electron chi connectivity index (χ4n) is 0.978. The zero-order chi connectivity index (χ0) is 9.35. The second-order valence-corrected chi connectivity index (χ2v) is 4.78. The van der Waals surface area contributed by atoms with Crippen LogP contribution in [0.2, 0.25) is 0 Å². The van der Waals surface area contributed by atoms with Crippen LogP contribution in [0.1, 0.15) is 11.3 Å². The summed E-state index contributed by atoms with van der Waals surface area (Å²) < 4.78 is 22.3. The molecule has 0 unspecified atom stereocenters. The molecule has 0 aliphatic heterocycles. The highest BCUT2D eigenvalue weighted by Gasteiger charge is 2.11. The maximum absolute atomic E-state index is 11.1. The van der Waals surface area contributed by atoms with E-state index in [4.69, 9.17) is 0 Å². The summed E-state index contributed by atoms with van der Waals surface area (Å²) in [6.07, 6.45) is 1.17. The van der Waals surface area contributed by atoms with Crippen LogP contribution in [0.3, 0.4) is 0 Å². The highest BCUT2D eigenvalue weighted by Crippen LogP contribution is 2.11. The van der Waals surface area contributed by atoms with E-state index in [1.807, 2.05) is 0 Å². The first-order chi connectivity index (χ1) is 5.41. The molecule has 0 spiro atoms. The molecule has 0 fully saturated rings. The molecule has 0 bridgehead atoms. The minimum Gasteiger partial charge on any atom is -0.241 e. The molecule has 0 radical (unpaired) electrons. The predicted molar refractivity (Wildman–Crippen MR) is 46.8 cm³/mol. The van der Waals surface area contributed by atoms with Gasteiger partial charge in [0.1, 0.15) is 0 Å². The number of pyridine rings is 1.